The van der Waals surface area contributed by atoms with Crippen LogP contribution in [0.2, 0.25) is 0 Å². The summed E-state index contributed by atoms with van der Waals surface area (Å²) in [4.78, 5) is 26.0. The van der Waals surface area contributed by atoms with Crippen LogP contribution in [0.5, 0.6) is 5.75 Å². The van der Waals surface area contributed by atoms with Crippen molar-refractivity contribution in [2.45, 2.75) is 43.4 Å². The number of rotatable bonds is 3. The molecule has 8 heteroatoms. The van der Waals surface area contributed by atoms with E-state index in [1.807, 2.05) is 38.1 Å². The third kappa shape index (κ3) is 3.71. The first kappa shape index (κ1) is 20.1. The van der Waals surface area contributed by atoms with Gasteiger partial charge in [0.1, 0.15) is 20.9 Å². The number of carbonyl (C=O) groups is 2. The molecule has 1 aliphatic heterocycles. The highest BCUT2D eigenvalue weighted by Gasteiger charge is 2.40. The quantitative estimate of drug-likeness (QED) is 0.679. The minimum absolute atomic E-state index is 0.0349. The molecule has 154 valence electrons. The molecule has 0 saturated carbocycles. The highest BCUT2D eigenvalue weighted by atomic mass is 32.2. The second kappa shape index (κ2) is 6.95. The molecule has 0 N–H and O–H groups in total. The van der Waals surface area contributed by atoms with Crippen molar-refractivity contribution in [2.24, 2.45) is 5.41 Å². The maximum atomic E-state index is 13.1. The van der Waals surface area contributed by atoms with Crippen molar-refractivity contribution in [1.82, 2.24) is 0 Å². The molecule has 2 aromatic rings. The molecule has 2 heterocycles. The van der Waals surface area contributed by atoms with E-state index >= 15 is 0 Å². The highest BCUT2D eigenvalue weighted by Crippen LogP contribution is 2.44. The van der Waals surface area contributed by atoms with Gasteiger partial charge in [0, 0.05) is 24.7 Å². The van der Waals surface area contributed by atoms with Crippen molar-refractivity contribution in [3.05, 3.63) is 45.8 Å². The van der Waals surface area contributed by atoms with E-state index in [1.165, 1.54) is 0 Å². The second-order valence-corrected chi connectivity index (χ2v) is 11.6. The first-order chi connectivity index (χ1) is 13.6. The molecule has 0 saturated heterocycles. The van der Waals surface area contributed by atoms with E-state index in [-0.39, 0.29) is 32.3 Å². The van der Waals surface area contributed by atoms with Crippen LogP contribution in [-0.4, -0.2) is 33.0 Å². The molecule has 1 unspecified atom stereocenters. The maximum Gasteiger partial charge on any atom is 0.349 e. The zero-order valence-corrected chi connectivity index (χ0v) is 18.1. The average Bonchev–Trinajstić information content (AvgIpc) is 3.01. The molecule has 1 aromatic carbocycles. The fourth-order valence-corrected chi connectivity index (χ4v) is 6.41. The minimum atomic E-state index is -3.64. The van der Waals surface area contributed by atoms with Gasteiger partial charge in [-0.15, -0.1) is 11.3 Å². The summed E-state index contributed by atoms with van der Waals surface area (Å²) in [5.74, 6) is -0.144. The van der Waals surface area contributed by atoms with Gasteiger partial charge >= 0.3 is 5.97 Å². The number of carbonyl (C=O) groups excluding carboxylic acids is 2. The van der Waals surface area contributed by atoms with Crippen molar-refractivity contribution >= 4 is 32.9 Å². The summed E-state index contributed by atoms with van der Waals surface area (Å²) in [6.07, 6.45) is 1.81. The molecular weight excluding hydrogens is 412 g/mol. The Bertz CT molecular complexity index is 1110. The van der Waals surface area contributed by atoms with E-state index in [4.69, 9.17) is 9.47 Å². The summed E-state index contributed by atoms with van der Waals surface area (Å²) < 4.78 is 35.9. The number of para-hydroxylation sites is 1. The van der Waals surface area contributed by atoms with Crippen molar-refractivity contribution in [3.63, 3.8) is 0 Å². The number of fused-ring (bicyclic) bond motifs is 2. The summed E-state index contributed by atoms with van der Waals surface area (Å²) >= 11 is 0.850. The van der Waals surface area contributed by atoms with Gasteiger partial charge in [0.05, 0.1) is 12.2 Å². The van der Waals surface area contributed by atoms with Gasteiger partial charge in [-0.3, -0.25) is 4.79 Å². The lowest BCUT2D eigenvalue weighted by atomic mass is 9.74. The lowest BCUT2D eigenvalue weighted by Gasteiger charge is -2.29. The fraction of sp³-hybridized carbons (Fsp3) is 0.429. The van der Waals surface area contributed by atoms with Crippen LogP contribution in [0.3, 0.4) is 0 Å². The SMILES string of the molecule is CC1(C)CC(=O)c2c(S(C)(=O)=O)sc(C(=O)OC3CCOc4ccccc43)c2C1. The standard InChI is InChI=1S/C21H22O6S2/c1-21(2)10-13-17(14(22)11-21)20(29(3,24)25)28-18(13)19(23)27-16-8-9-26-15-7-5-4-6-12(15)16/h4-7,16H,8-11H2,1-3H3. The molecular formula is C21H22O6S2. The van der Waals surface area contributed by atoms with Crippen molar-refractivity contribution in [1.29, 1.82) is 0 Å². The monoisotopic (exact) mass is 434 g/mol. The molecule has 2 aliphatic rings. The lowest BCUT2D eigenvalue weighted by Crippen LogP contribution is -2.28. The van der Waals surface area contributed by atoms with Gasteiger partial charge in [0.2, 0.25) is 0 Å². The smallest absolute Gasteiger partial charge is 0.349 e. The zero-order valence-electron chi connectivity index (χ0n) is 16.5. The highest BCUT2D eigenvalue weighted by molar-refractivity contribution is 7.92. The van der Waals surface area contributed by atoms with Crippen LogP contribution in [0.25, 0.3) is 0 Å². The predicted octanol–water partition coefficient (Wildman–Crippen LogP) is 3.99. The number of ether oxygens (including phenoxy) is 2. The number of hydrogen-bond acceptors (Lipinski definition) is 7. The number of ketones is 1. The van der Waals surface area contributed by atoms with Crippen LogP contribution in [0.1, 0.15) is 63.9 Å². The van der Waals surface area contributed by atoms with Crippen LogP contribution in [-0.2, 0) is 21.0 Å². The molecule has 6 nitrogen and oxygen atoms in total. The van der Waals surface area contributed by atoms with Crippen LogP contribution < -0.4 is 4.74 Å². The topological polar surface area (TPSA) is 86.7 Å². The third-order valence-corrected chi connectivity index (χ3v) is 8.27. The minimum Gasteiger partial charge on any atom is -0.493 e. The summed E-state index contributed by atoms with van der Waals surface area (Å²) in [7, 11) is -3.64. The number of esters is 1. The summed E-state index contributed by atoms with van der Waals surface area (Å²) in [6, 6.07) is 7.38. The Balaban J connectivity index is 1.74. The number of thiophene rings is 1. The van der Waals surface area contributed by atoms with Gasteiger partial charge in [-0.25, -0.2) is 13.2 Å². The molecule has 1 aliphatic carbocycles. The Morgan fingerprint density at radius 2 is 1.97 bits per heavy atom. The van der Waals surface area contributed by atoms with E-state index in [2.05, 4.69) is 0 Å². The van der Waals surface area contributed by atoms with E-state index in [9.17, 15) is 18.0 Å². The summed E-state index contributed by atoms with van der Waals surface area (Å²) in [5.41, 5.74) is 1.12. The zero-order chi connectivity index (χ0) is 21.0. The van der Waals surface area contributed by atoms with E-state index in [0.717, 1.165) is 23.2 Å². The Kier molecular flexibility index (Phi) is 4.82. The van der Waals surface area contributed by atoms with Gasteiger partial charge in [0.15, 0.2) is 15.6 Å². The first-order valence-electron chi connectivity index (χ1n) is 9.38. The van der Waals surface area contributed by atoms with E-state index in [1.54, 1.807) is 0 Å². The van der Waals surface area contributed by atoms with Crippen LogP contribution in [0.4, 0.5) is 0 Å². The Labute approximate surface area is 173 Å². The molecule has 0 fully saturated rings. The summed E-state index contributed by atoms with van der Waals surface area (Å²) in [6.45, 7) is 4.31. The number of benzene rings is 1. The maximum absolute atomic E-state index is 13.1. The number of Topliss-reactive ketones (excluding diaryl/α,β-unsaturated/α-hetero) is 1. The number of hydrogen-bond donors (Lipinski definition) is 0. The Morgan fingerprint density at radius 1 is 1.24 bits per heavy atom. The molecule has 29 heavy (non-hydrogen) atoms. The van der Waals surface area contributed by atoms with Gasteiger partial charge in [-0.2, -0.15) is 0 Å². The van der Waals surface area contributed by atoms with Gasteiger partial charge in [-0.05, 0) is 23.5 Å². The Hall–Kier alpha value is -2.19. The Morgan fingerprint density at radius 3 is 2.69 bits per heavy atom. The largest absolute Gasteiger partial charge is 0.493 e. The molecule has 0 radical (unpaired) electrons. The predicted molar refractivity (Wildman–Crippen MR) is 109 cm³/mol. The van der Waals surface area contributed by atoms with Crippen molar-refractivity contribution in [2.75, 3.05) is 12.9 Å². The second-order valence-electron chi connectivity index (χ2n) is 8.35. The summed E-state index contributed by atoms with van der Waals surface area (Å²) in [5, 5.41) is 0. The van der Waals surface area contributed by atoms with Crippen LogP contribution in [0.15, 0.2) is 28.5 Å². The van der Waals surface area contributed by atoms with Crippen LogP contribution >= 0.6 is 11.3 Å². The van der Waals surface area contributed by atoms with Crippen LogP contribution in [0, 0.1) is 5.41 Å². The molecule has 0 amide bonds. The van der Waals surface area contributed by atoms with E-state index in [0.29, 0.717) is 30.8 Å². The molecule has 1 aromatic heterocycles. The number of sulfone groups is 1. The normalized spacial score (nSPS) is 20.4. The first-order valence-corrected chi connectivity index (χ1v) is 12.1. The molecule has 1 atom stereocenters. The van der Waals surface area contributed by atoms with Crippen molar-refractivity contribution < 1.29 is 27.5 Å². The van der Waals surface area contributed by atoms with Gasteiger partial charge in [0.25, 0.3) is 0 Å². The third-order valence-electron chi connectivity index (χ3n) is 5.22. The lowest BCUT2D eigenvalue weighted by molar-refractivity contribution is 0.0197. The molecule has 4 rings (SSSR count). The van der Waals surface area contributed by atoms with Gasteiger partial charge in [-0.1, -0.05) is 32.0 Å². The average molecular weight is 435 g/mol. The fourth-order valence-electron chi connectivity index (χ4n) is 4.00. The molecule has 0 spiro atoms. The van der Waals surface area contributed by atoms with E-state index < -0.39 is 21.9 Å². The van der Waals surface area contributed by atoms with Crippen molar-refractivity contribution in [3.8, 4) is 5.75 Å². The van der Waals surface area contributed by atoms with Gasteiger partial charge < -0.3 is 9.47 Å². The molecule has 0 bridgehead atoms.